The number of rotatable bonds is 8. The van der Waals surface area contributed by atoms with Crippen LogP contribution in [0, 0.1) is 13.8 Å². The van der Waals surface area contributed by atoms with E-state index in [0.29, 0.717) is 6.42 Å². The van der Waals surface area contributed by atoms with E-state index in [-0.39, 0.29) is 38.5 Å². The average Bonchev–Trinajstić information content (AvgIpc) is 2.19. The van der Waals surface area contributed by atoms with Crippen molar-refractivity contribution in [2.45, 2.75) is 39.5 Å². The maximum atomic E-state index is 10.5. The molecule has 1 nitrogen and oxygen atoms in total. The topological polar surface area (TPSA) is 17.1 Å². The predicted molar refractivity (Wildman–Crippen MR) is 70.5 cm³/mol. The van der Waals surface area contributed by atoms with Gasteiger partial charge < -0.3 is 18.6 Å². The Kier molecular flexibility index (Phi) is 29.8. The van der Waals surface area contributed by atoms with Crippen LogP contribution in [0.3, 0.4) is 0 Å². The number of hydrogen-bond donors (Lipinski definition) is 0. The molecule has 89 valence electrons. The van der Waals surface area contributed by atoms with Crippen molar-refractivity contribution in [3.63, 3.8) is 0 Å². The van der Waals surface area contributed by atoms with E-state index in [1.54, 1.807) is 6.92 Å². The summed E-state index contributed by atoms with van der Waals surface area (Å²) in [6.07, 6.45) is 4.18. The van der Waals surface area contributed by atoms with Gasteiger partial charge in [0.25, 0.3) is 0 Å². The molecule has 0 unspecified atom stereocenters. The zero-order valence-electron chi connectivity index (χ0n) is 9.96. The Labute approximate surface area is 129 Å². The molecule has 4 heteroatoms. The Morgan fingerprint density at radius 3 is 2.00 bits per heavy atom. The third-order valence-corrected chi connectivity index (χ3v) is 3.93. The van der Waals surface area contributed by atoms with Crippen molar-refractivity contribution in [2.75, 3.05) is 11.5 Å². The molecule has 0 N–H and O–H groups in total. The van der Waals surface area contributed by atoms with Crippen LogP contribution < -0.4 is 0 Å². The second kappa shape index (κ2) is 20.7. The standard InChI is InChI=1S/C9H17OS2.C2H5.Y/c1-3-4-7-11-12-8-5-6-9(2)10;1-2;/h2-8H2,1H3;1H2,2H3;/q2*-1;. The van der Waals surface area contributed by atoms with Gasteiger partial charge in [0.05, 0.1) is 0 Å². The van der Waals surface area contributed by atoms with Crippen LogP contribution in [0.25, 0.3) is 0 Å². The minimum atomic E-state index is 0. The van der Waals surface area contributed by atoms with E-state index in [1.807, 2.05) is 21.6 Å². The Morgan fingerprint density at radius 2 is 1.60 bits per heavy atom. The van der Waals surface area contributed by atoms with Gasteiger partial charge in [-0.1, -0.05) is 34.9 Å². The Balaban J connectivity index is -0.000000449. The monoisotopic (exact) mass is 323 g/mol. The first-order valence-corrected chi connectivity index (χ1v) is 7.56. The molecule has 0 aliphatic rings. The average molecular weight is 323 g/mol. The Bertz CT molecular complexity index is 121. The summed E-state index contributed by atoms with van der Waals surface area (Å²) in [5, 5.41) is 0. The van der Waals surface area contributed by atoms with Crippen molar-refractivity contribution in [1.29, 1.82) is 0 Å². The summed E-state index contributed by atoms with van der Waals surface area (Å²) in [5.41, 5.74) is 0. The van der Waals surface area contributed by atoms with Crippen molar-refractivity contribution in [3.8, 4) is 0 Å². The first kappa shape index (κ1) is 21.6. The van der Waals surface area contributed by atoms with Crippen LogP contribution in [0.4, 0.5) is 0 Å². The van der Waals surface area contributed by atoms with Crippen molar-refractivity contribution >= 4 is 27.4 Å². The van der Waals surface area contributed by atoms with E-state index in [4.69, 9.17) is 0 Å². The molecule has 0 aliphatic heterocycles. The number of carbonyl (C=O) groups is 1. The molecule has 0 atom stereocenters. The van der Waals surface area contributed by atoms with Gasteiger partial charge >= 0.3 is 0 Å². The van der Waals surface area contributed by atoms with Gasteiger partial charge in [-0.05, 0) is 25.0 Å². The van der Waals surface area contributed by atoms with Gasteiger partial charge in [0.2, 0.25) is 0 Å². The number of Topliss-reactive ketones (excluding diaryl/α,β-unsaturated/α-hetero) is 1. The van der Waals surface area contributed by atoms with Crippen LogP contribution >= 0.6 is 21.6 Å². The van der Waals surface area contributed by atoms with Crippen molar-refractivity contribution in [1.82, 2.24) is 0 Å². The predicted octanol–water partition coefficient (Wildman–Crippen LogP) is 4.19. The molecule has 0 bridgehead atoms. The Hall–Kier alpha value is 1.34. The molecule has 0 saturated carbocycles. The molecule has 0 aromatic carbocycles. The van der Waals surface area contributed by atoms with Crippen LogP contribution in [0.1, 0.15) is 39.5 Å². The molecule has 0 saturated heterocycles. The molecule has 0 rings (SSSR count). The molecule has 15 heavy (non-hydrogen) atoms. The summed E-state index contributed by atoms with van der Waals surface area (Å²) in [6.45, 7) is 10.5. The number of ketones is 1. The van der Waals surface area contributed by atoms with E-state index >= 15 is 0 Å². The van der Waals surface area contributed by atoms with Crippen LogP contribution in [-0.2, 0) is 37.5 Å². The normalized spacial score (nSPS) is 8.47. The molecular formula is C11H22OS2Y-2. The third-order valence-electron chi connectivity index (χ3n) is 1.35. The molecule has 1 radical (unpaired) electrons. The second-order valence-electron chi connectivity index (χ2n) is 2.64. The molecule has 0 aromatic heterocycles. The van der Waals surface area contributed by atoms with Crippen molar-refractivity contribution < 1.29 is 37.5 Å². The molecule has 0 aromatic rings. The smallest absolute Gasteiger partial charge is 0.00401 e. The molecular weight excluding hydrogens is 301 g/mol. The fourth-order valence-electron chi connectivity index (χ4n) is 0.649. The minimum Gasteiger partial charge on any atom is -0.346 e. The van der Waals surface area contributed by atoms with Crippen molar-refractivity contribution in [2.24, 2.45) is 0 Å². The van der Waals surface area contributed by atoms with E-state index < -0.39 is 0 Å². The summed E-state index contributed by atoms with van der Waals surface area (Å²) in [5.74, 6) is 2.38. The zero-order chi connectivity index (χ0) is 11.2. The van der Waals surface area contributed by atoms with E-state index in [0.717, 1.165) is 12.2 Å². The van der Waals surface area contributed by atoms with Gasteiger partial charge in [-0.25, -0.2) is 0 Å². The van der Waals surface area contributed by atoms with Gasteiger partial charge in [-0.2, -0.15) is 6.92 Å². The summed E-state index contributed by atoms with van der Waals surface area (Å²) in [7, 11) is 3.79. The maximum absolute atomic E-state index is 10.5. The van der Waals surface area contributed by atoms with Crippen LogP contribution in [0.2, 0.25) is 0 Å². The van der Waals surface area contributed by atoms with E-state index in [2.05, 4.69) is 20.8 Å². The molecule has 0 spiro atoms. The van der Waals surface area contributed by atoms with Gasteiger partial charge in [-0.3, -0.25) is 0 Å². The fraction of sp³-hybridized carbons (Fsp3) is 0.727. The van der Waals surface area contributed by atoms with Crippen molar-refractivity contribution in [3.05, 3.63) is 13.8 Å². The van der Waals surface area contributed by atoms with Gasteiger partial charge in [0, 0.05) is 44.2 Å². The first-order valence-electron chi connectivity index (χ1n) is 5.07. The summed E-state index contributed by atoms with van der Waals surface area (Å²) >= 11 is 0. The van der Waals surface area contributed by atoms with Gasteiger partial charge in [0.1, 0.15) is 0 Å². The maximum Gasteiger partial charge on any atom is 0.00401 e. The van der Waals surface area contributed by atoms with Crippen LogP contribution in [0.5, 0.6) is 0 Å². The zero-order valence-corrected chi connectivity index (χ0v) is 14.4. The quantitative estimate of drug-likeness (QED) is 0.379. The Morgan fingerprint density at radius 1 is 1.13 bits per heavy atom. The SMILES string of the molecule is [CH2-]C.[CH2-]C(=O)CCCSSCCCC.[Y]. The molecule has 0 fully saturated rings. The number of unbranched alkanes of at least 4 members (excludes halogenated alkanes) is 1. The van der Waals surface area contributed by atoms with Crippen LogP contribution in [-0.4, -0.2) is 17.3 Å². The number of hydrogen-bond acceptors (Lipinski definition) is 3. The third kappa shape index (κ3) is 25.5. The summed E-state index contributed by atoms with van der Waals surface area (Å²) < 4.78 is 0. The van der Waals surface area contributed by atoms with Crippen LogP contribution in [0.15, 0.2) is 0 Å². The molecule has 0 heterocycles. The van der Waals surface area contributed by atoms with Gasteiger partial charge in [-0.15, -0.1) is 0 Å². The number of carbonyl (C=O) groups excluding carboxylic acids is 1. The summed E-state index contributed by atoms with van der Waals surface area (Å²) in [4.78, 5) is 10.5. The largest absolute Gasteiger partial charge is 0.346 e. The van der Waals surface area contributed by atoms with E-state index in [1.165, 1.54) is 18.6 Å². The second-order valence-corrected chi connectivity index (χ2v) is 5.34. The molecule has 0 aliphatic carbocycles. The van der Waals surface area contributed by atoms with Gasteiger partial charge in [0.15, 0.2) is 0 Å². The first-order chi connectivity index (χ1) is 6.77. The fourth-order valence-corrected chi connectivity index (χ4v) is 2.97. The minimum absolute atomic E-state index is 0. The molecule has 0 amide bonds. The summed E-state index contributed by atoms with van der Waals surface area (Å²) in [6, 6.07) is 0. The van der Waals surface area contributed by atoms with E-state index in [9.17, 15) is 4.79 Å².